The maximum atomic E-state index is 12.2. The zero-order valence-electron chi connectivity index (χ0n) is 11.6. The van der Waals surface area contributed by atoms with Crippen LogP contribution in [0.25, 0.3) is 0 Å². The van der Waals surface area contributed by atoms with Crippen molar-refractivity contribution in [2.24, 2.45) is 11.7 Å². The second-order valence-corrected chi connectivity index (χ2v) is 6.00. The number of amides is 1. The summed E-state index contributed by atoms with van der Waals surface area (Å²) in [4.78, 5) is 13.8. The molecule has 0 aliphatic carbocycles. The molecular formula is C14H21BrN2O2. The Morgan fingerprint density at radius 1 is 1.47 bits per heavy atom. The van der Waals surface area contributed by atoms with E-state index in [2.05, 4.69) is 29.8 Å². The van der Waals surface area contributed by atoms with Crippen molar-refractivity contribution in [1.82, 2.24) is 4.90 Å². The Labute approximate surface area is 122 Å². The van der Waals surface area contributed by atoms with Crippen molar-refractivity contribution >= 4 is 21.8 Å². The van der Waals surface area contributed by atoms with Gasteiger partial charge in [-0.15, -0.1) is 0 Å². The fourth-order valence-electron chi connectivity index (χ4n) is 1.66. The minimum Gasteiger partial charge on any atom is -0.507 e. The third-order valence-electron chi connectivity index (χ3n) is 3.19. The maximum absolute atomic E-state index is 12.2. The molecule has 1 amide bonds. The predicted molar refractivity (Wildman–Crippen MR) is 80.2 cm³/mol. The van der Waals surface area contributed by atoms with Crippen LogP contribution in [0, 0.1) is 5.92 Å². The fourth-order valence-corrected chi connectivity index (χ4v) is 2.02. The van der Waals surface area contributed by atoms with Crippen molar-refractivity contribution in [3.63, 3.8) is 0 Å². The first kappa shape index (κ1) is 16.0. The summed E-state index contributed by atoms with van der Waals surface area (Å²) in [7, 11) is 1.72. The van der Waals surface area contributed by atoms with E-state index in [1.807, 2.05) is 0 Å². The maximum Gasteiger partial charge on any atom is 0.257 e. The molecule has 1 atom stereocenters. The van der Waals surface area contributed by atoms with E-state index in [0.717, 1.165) is 10.9 Å². The number of phenols is 1. The van der Waals surface area contributed by atoms with Crippen LogP contribution in [0.4, 0.5) is 0 Å². The first-order valence-electron chi connectivity index (χ1n) is 6.32. The molecule has 5 heteroatoms. The summed E-state index contributed by atoms with van der Waals surface area (Å²) in [6.45, 7) is 4.70. The highest BCUT2D eigenvalue weighted by Gasteiger charge is 2.17. The lowest BCUT2D eigenvalue weighted by Crippen LogP contribution is -2.34. The third-order valence-corrected chi connectivity index (χ3v) is 3.68. The molecule has 0 aliphatic rings. The van der Waals surface area contributed by atoms with Crippen LogP contribution in [0.1, 0.15) is 30.6 Å². The van der Waals surface area contributed by atoms with Crippen LogP contribution in [0.3, 0.4) is 0 Å². The predicted octanol–water partition coefficient (Wildman–Crippen LogP) is 2.60. The average Bonchev–Trinajstić information content (AvgIpc) is 2.37. The Kier molecular flexibility index (Phi) is 5.82. The Bertz CT molecular complexity index is 449. The number of nitrogens with two attached hydrogens (primary N) is 1. The van der Waals surface area contributed by atoms with Gasteiger partial charge in [0.2, 0.25) is 0 Å². The Morgan fingerprint density at radius 3 is 2.68 bits per heavy atom. The summed E-state index contributed by atoms with van der Waals surface area (Å²) in [6, 6.07) is 4.90. The van der Waals surface area contributed by atoms with Gasteiger partial charge < -0.3 is 15.7 Å². The highest BCUT2D eigenvalue weighted by atomic mass is 79.9. The zero-order chi connectivity index (χ0) is 14.6. The van der Waals surface area contributed by atoms with E-state index < -0.39 is 0 Å². The number of nitrogens with zero attached hydrogens (tertiary/aromatic N) is 1. The van der Waals surface area contributed by atoms with Gasteiger partial charge in [0.15, 0.2) is 0 Å². The van der Waals surface area contributed by atoms with Crippen molar-refractivity contribution in [1.29, 1.82) is 0 Å². The van der Waals surface area contributed by atoms with E-state index >= 15 is 0 Å². The molecular weight excluding hydrogens is 308 g/mol. The molecule has 0 saturated heterocycles. The van der Waals surface area contributed by atoms with Gasteiger partial charge in [-0.1, -0.05) is 29.8 Å². The van der Waals surface area contributed by atoms with Gasteiger partial charge in [0.05, 0.1) is 5.56 Å². The second kappa shape index (κ2) is 6.91. The highest BCUT2D eigenvalue weighted by Crippen LogP contribution is 2.23. The molecule has 0 bridgehead atoms. The average molecular weight is 329 g/mol. The van der Waals surface area contributed by atoms with Crippen molar-refractivity contribution in [3.8, 4) is 5.75 Å². The Hall–Kier alpha value is -1.07. The van der Waals surface area contributed by atoms with Gasteiger partial charge in [0, 0.05) is 24.1 Å². The van der Waals surface area contributed by atoms with Gasteiger partial charge in [-0.05, 0) is 30.5 Å². The fraction of sp³-hybridized carbons (Fsp3) is 0.500. The van der Waals surface area contributed by atoms with Crippen LogP contribution in [0.2, 0.25) is 0 Å². The van der Waals surface area contributed by atoms with Crippen molar-refractivity contribution in [2.45, 2.75) is 26.3 Å². The van der Waals surface area contributed by atoms with Crippen molar-refractivity contribution in [2.75, 3.05) is 13.6 Å². The van der Waals surface area contributed by atoms with Gasteiger partial charge in [-0.2, -0.15) is 0 Å². The molecule has 0 aromatic heterocycles. The Balaban J connectivity index is 2.69. The first-order valence-corrected chi connectivity index (χ1v) is 7.11. The van der Waals surface area contributed by atoms with E-state index in [4.69, 9.17) is 5.73 Å². The quantitative estimate of drug-likeness (QED) is 0.873. The van der Waals surface area contributed by atoms with E-state index in [-0.39, 0.29) is 17.7 Å². The van der Waals surface area contributed by atoms with Gasteiger partial charge in [0.25, 0.3) is 5.91 Å². The highest BCUT2D eigenvalue weighted by molar-refractivity contribution is 9.10. The molecule has 0 heterocycles. The topological polar surface area (TPSA) is 66.6 Å². The molecule has 1 rings (SSSR count). The normalized spacial score (nSPS) is 12.5. The smallest absolute Gasteiger partial charge is 0.257 e. The number of rotatable bonds is 5. The molecule has 0 aliphatic heterocycles. The summed E-state index contributed by atoms with van der Waals surface area (Å²) in [5.74, 6) is 0.186. The summed E-state index contributed by atoms with van der Waals surface area (Å²) in [5.41, 5.74) is 6.26. The number of hydrogen-bond donors (Lipinski definition) is 2. The lowest BCUT2D eigenvalue weighted by molar-refractivity contribution is 0.0786. The number of carbonyl (C=O) groups is 1. The van der Waals surface area contributed by atoms with E-state index in [0.29, 0.717) is 18.0 Å². The summed E-state index contributed by atoms with van der Waals surface area (Å²) in [6.07, 6.45) is 0.745. The number of halogens is 1. The summed E-state index contributed by atoms with van der Waals surface area (Å²) >= 11 is 3.29. The van der Waals surface area contributed by atoms with Gasteiger partial charge >= 0.3 is 0 Å². The van der Waals surface area contributed by atoms with Crippen LogP contribution in [0.15, 0.2) is 22.7 Å². The van der Waals surface area contributed by atoms with Gasteiger partial charge in [-0.25, -0.2) is 0 Å². The number of phenolic OH excluding ortho intramolecular Hbond substituents is 1. The van der Waals surface area contributed by atoms with Crippen molar-refractivity contribution < 1.29 is 9.90 Å². The molecule has 0 spiro atoms. The zero-order valence-corrected chi connectivity index (χ0v) is 13.1. The molecule has 19 heavy (non-hydrogen) atoms. The van der Waals surface area contributed by atoms with Crippen LogP contribution in [-0.2, 0) is 0 Å². The minimum atomic E-state index is -0.199. The molecule has 3 N–H and O–H groups in total. The van der Waals surface area contributed by atoms with Crippen LogP contribution < -0.4 is 5.73 Å². The number of hydrogen-bond acceptors (Lipinski definition) is 3. The van der Waals surface area contributed by atoms with Crippen LogP contribution in [-0.4, -0.2) is 35.5 Å². The van der Waals surface area contributed by atoms with E-state index in [1.165, 1.54) is 6.07 Å². The van der Waals surface area contributed by atoms with E-state index in [1.54, 1.807) is 24.1 Å². The summed E-state index contributed by atoms with van der Waals surface area (Å²) < 4.78 is 0.765. The monoisotopic (exact) mass is 328 g/mol. The number of aromatic hydroxyl groups is 1. The summed E-state index contributed by atoms with van der Waals surface area (Å²) in [5, 5.41) is 9.73. The molecule has 1 unspecified atom stereocenters. The molecule has 106 valence electrons. The third kappa shape index (κ3) is 4.51. The van der Waals surface area contributed by atoms with Gasteiger partial charge in [0.1, 0.15) is 5.75 Å². The molecule has 1 aromatic rings. The Morgan fingerprint density at radius 2 is 2.11 bits per heavy atom. The van der Waals surface area contributed by atoms with Crippen LogP contribution in [0.5, 0.6) is 5.75 Å². The second-order valence-electron chi connectivity index (χ2n) is 5.08. The van der Waals surface area contributed by atoms with E-state index in [9.17, 15) is 9.90 Å². The molecule has 0 radical (unpaired) electrons. The first-order chi connectivity index (χ1) is 8.82. The van der Waals surface area contributed by atoms with Gasteiger partial charge in [-0.3, -0.25) is 4.79 Å². The number of carbonyl (C=O) groups excluding carboxylic acids is 1. The SMILES string of the molecule is CC(C)C(N)CCN(C)C(=O)c1cc(Br)ccc1O. The standard InChI is InChI=1S/C14H21BrN2O2/c1-9(2)12(16)6-7-17(3)14(19)11-8-10(15)4-5-13(11)18/h4-5,8-9,12,18H,6-7,16H2,1-3H3. The number of benzene rings is 1. The molecule has 0 saturated carbocycles. The lowest BCUT2D eigenvalue weighted by Gasteiger charge is -2.22. The molecule has 0 fully saturated rings. The van der Waals surface area contributed by atoms with Crippen LogP contribution >= 0.6 is 15.9 Å². The van der Waals surface area contributed by atoms with Crippen molar-refractivity contribution in [3.05, 3.63) is 28.2 Å². The largest absolute Gasteiger partial charge is 0.507 e. The molecule has 4 nitrogen and oxygen atoms in total. The minimum absolute atomic E-state index is 0.00629. The molecule has 1 aromatic carbocycles. The lowest BCUT2D eigenvalue weighted by atomic mass is 10.0.